The Balaban J connectivity index is 1.67. The van der Waals surface area contributed by atoms with Gasteiger partial charge in [-0.15, -0.1) is 0 Å². The molecule has 20 heavy (non-hydrogen) atoms. The minimum absolute atomic E-state index is 0.111. The standard InChI is InChI=1S/C16H23FN2O/c1-13-6-9-19(10-7-13)11-8-18-16(20)12-14-4-2-3-5-15(14)17/h2-5,13H,6-12H2,1H3,(H,18,20). The van der Waals surface area contributed by atoms with Crippen LogP contribution in [0.2, 0.25) is 0 Å². The van der Waals surface area contributed by atoms with E-state index in [1.54, 1.807) is 18.2 Å². The number of nitrogens with zero attached hydrogens (tertiary/aromatic N) is 1. The largest absolute Gasteiger partial charge is 0.355 e. The molecule has 1 aliphatic rings. The van der Waals surface area contributed by atoms with Crippen molar-refractivity contribution in [3.8, 4) is 0 Å². The zero-order chi connectivity index (χ0) is 14.4. The van der Waals surface area contributed by atoms with E-state index in [0.717, 1.165) is 25.6 Å². The summed E-state index contributed by atoms with van der Waals surface area (Å²) in [5.74, 6) is 0.398. The highest BCUT2D eigenvalue weighted by Crippen LogP contribution is 2.15. The summed E-state index contributed by atoms with van der Waals surface area (Å²) in [6.07, 6.45) is 2.59. The number of rotatable bonds is 5. The van der Waals surface area contributed by atoms with Gasteiger partial charge in [0.05, 0.1) is 6.42 Å². The van der Waals surface area contributed by atoms with E-state index in [9.17, 15) is 9.18 Å². The van der Waals surface area contributed by atoms with Crippen molar-refractivity contribution in [3.63, 3.8) is 0 Å². The van der Waals surface area contributed by atoms with Gasteiger partial charge in [0.2, 0.25) is 5.91 Å². The van der Waals surface area contributed by atoms with Crippen LogP contribution in [-0.2, 0) is 11.2 Å². The minimum Gasteiger partial charge on any atom is -0.355 e. The van der Waals surface area contributed by atoms with Gasteiger partial charge in [0.1, 0.15) is 5.82 Å². The lowest BCUT2D eigenvalue weighted by molar-refractivity contribution is -0.120. The number of carbonyl (C=O) groups is 1. The fourth-order valence-corrected chi connectivity index (χ4v) is 2.52. The van der Waals surface area contributed by atoms with Crippen LogP contribution in [0, 0.1) is 11.7 Å². The third-order valence-corrected chi connectivity index (χ3v) is 3.94. The van der Waals surface area contributed by atoms with E-state index >= 15 is 0 Å². The molecule has 0 aromatic heterocycles. The number of halogens is 1. The monoisotopic (exact) mass is 278 g/mol. The molecule has 1 aliphatic heterocycles. The molecule has 0 atom stereocenters. The number of benzene rings is 1. The maximum absolute atomic E-state index is 13.4. The molecule has 3 nitrogen and oxygen atoms in total. The molecule has 2 rings (SSSR count). The van der Waals surface area contributed by atoms with E-state index in [0.29, 0.717) is 12.1 Å². The molecule has 0 radical (unpaired) electrons. The van der Waals surface area contributed by atoms with E-state index in [1.807, 2.05) is 0 Å². The Bertz CT molecular complexity index is 442. The summed E-state index contributed by atoms with van der Waals surface area (Å²) in [6, 6.07) is 6.42. The minimum atomic E-state index is -0.312. The molecule has 4 heteroatoms. The maximum Gasteiger partial charge on any atom is 0.224 e. The number of nitrogens with one attached hydrogen (secondary N) is 1. The first kappa shape index (κ1) is 15.0. The van der Waals surface area contributed by atoms with Crippen LogP contribution in [0.25, 0.3) is 0 Å². The predicted molar refractivity (Wildman–Crippen MR) is 78.0 cm³/mol. The summed E-state index contributed by atoms with van der Waals surface area (Å²) >= 11 is 0. The van der Waals surface area contributed by atoms with Crippen LogP contribution in [0.3, 0.4) is 0 Å². The van der Waals surface area contributed by atoms with Crippen LogP contribution in [0.5, 0.6) is 0 Å². The second-order valence-electron chi connectivity index (χ2n) is 5.64. The normalized spacial score (nSPS) is 17.1. The van der Waals surface area contributed by atoms with Crippen LogP contribution in [0.4, 0.5) is 4.39 Å². The third kappa shape index (κ3) is 4.60. The summed E-state index contributed by atoms with van der Waals surface area (Å²) in [7, 11) is 0. The first-order chi connectivity index (χ1) is 9.65. The molecule has 0 spiro atoms. The molecule has 1 fully saturated rings. The van der Waals surface area contributed by atoms with Crippen LogP contribution in [-0.4, -0.2) is 37.0 Å². The molecule has 1 saturated heterocycles. The number of likely N-dealkylation sites (tertiary alicyclic amines) is 1. The summed E-state index contributed by atoms with van der Waals surface area (Å²) in [5.41, 5.74) is 0.455. The molecule has 1 aromatic carbocycles. The van der Waals surface area contributed by atoms with Crippen LogP contribution in [0.15, 0.2) is 24.3 Å². The molecule has 1 amide bonds. The van der Waals surface area contributed by atoms with Gasteiger partial charge >= 0.3 is 0 Å². The van der Waals surface area contributed by atoms with Crippen molar-refractivity contribution in [1.29, 1.82) is 0 Å². The molecule has 0 saturated carbocycles. The van der Waals surface area contributed by atoms with Gasteiger partial charge < -0.3 is 10.2 Å². The van der Waals surface area contributed by atoms with Crippen molar-refractivity contribution in [2.75, 3.05) is 26.2 Å². The zero-order valence-corrected chi connectivity index (χ0v) is 12.1. The van der Waals surface area contributed by atoms with E-state index in [1.165, 1.54) is 18.9 Å². The van der Waals surface area contributed by atoms with Gasteiger partial charge in [0, 0.05) is 13.1 Å². The molecule has 0 aliphatic carbocycles. The van der Waals surface area contributed by atoms with Crippen molar-refractivity contribution < 1.29 is 9.18 Å². The van der Waals surface area contributed by atoms with Crippen molar-refractivity contribution in [2.24, 2.45) is 5.92 Å². The number of amides is 1. The Morgan fingerprint density at radius 2 is 2.05 bits per heavy atom. The lowest BCUT2D eigenvalue weighted by Crippen LogP contribution is -2.39. The highest BCUT2D eigenvalue weighted by atomic mass is 19.1. The highest BCUT2D eigenvalue weighted by Gasteiger charge is 2.15. The van der Waals surface area contributed by atoms with E-state index in [-0.39, 0.29) is 18.1 Å². The van der Waals surface area contributed by atoms with Gasteiger partial charge in [-0.25, -0.2) is 4.39 Å². The van der Waals surface area contributed by atoms with Crippen molar-refractivity contribution in [3.05, 3.63) is 35.6 Å². The fourth-order valence-electron chi connectivity index (χ4n) is 2.52. The average molecular weight is 278 g/mol. The van der Waals surface area contributed by atoms with Crippen LogP contribution >= 0.6 is 0 Å². The lowest BCUT2D eigenvalue weighted by Gasteiger charge is -2.30. The average Bonchev–Trinajstić information content (AvgIpc) is 2.44. The quantitative estimate of drug-likeness (QED) is 0.895. The Morgan fingerprint density at radius 3 is 2.75 bits per heavy atom. The van der Waals surface area contributed by atoms with Gasteiger partial charge in [0.25, 0.3) is 0 Å². The number of hydrogen-bond donors (Lipinski definition) is 1. The summed E-state index contributed by atoms with van der Waals surface area (Å²) < 4.78 is 13.4. The van der Waals surface area contributed by atoms with Crippen molar-refractivity contribution >= 4 is 5.91 Å². The first-order valence-corrected chi connectivity index (χ1v) is 7.37. The van der Waals surface area contributed by atoms with E-state index in [4.69, 9.17) is 0 Å². The third-order valence-electron chi connectivity index (χ3n) is 3.94. The Labute approximate surface area is 120 Å². The molecule has 1 aromatic rings. The molecule has 0 unspecified atom stereocenters. The highest BCUT2D eigenvalue weighted by molar-refractivity contribution is 5.78. The van der Waals surface area contributed by atoms with Crippen LogP contribution < -0.4 is 5.32 Å². The van der Waals surface area contributed by atoms with E-state index < -0.39 is 0 Å². The van der Waals surface area contributed by atoms with Gasteiger partial charge in [-0.3, -0.25) is 4.79 Å². The topological polar surface area (TPSA) is 32.3 Å². The van der Waals surface area contributed by atoms with E-state index in [2.05, 4.69) is 17.1 Å². The Hall–Kier alpha value is -1.42. The maximum atomic E-state index is 13.4. The zero-order valence-electron chi connectivity index (χ0n) is 12.1. The van der Waals surface area contributed by atoms with Gasteiger partial charge in [0.15, 0.2) is 0 Å². The summed E-state index contributed by atoms with van der Waals surface area (Å²) in [4.78, 5) is 14.1. The van der Waals surface area contributed by atoms with Gasteiger partial charge in [-0.1, -0.05) is 25.1 Å². The Morgan fingerprint density at radius 1 is 1.35 bits per heavy atom. The number of piperidine rings is 1. The summed E-state index contributed by atoms with van der Waals surface area (Å²) in [5, 5.41) is 2.87. The first-order valence-electron chi connectivity index (χ1n) is 7.37. The summed E-state index contributed by atoms with van der Waals surface area (Å²) in [6.45, 7) is 6.04. The molecule has 0 bridgehead atoms. The fraction of sp³-hybridized carbons (Fsp3) is 0.562. The predicted octanol–water partition coefficient (Wildman–Crippen LogP) is 2.22. The van der Waals surface area contributed by atoms with Gasteiger partial charge in [-0.2, -0.15) is 0 Å². The van der Waals surface area contributed by atoms with Gasteiger partial charge in [-0.05, 0) is 43.5 Å². The SMILES string of the molecule is CC1CCN(CCNC(=O)Cc2ccccc2F)CC1. The molecular formula is C16H23FN2O. The molecule has 110 valence electrons. The second-order valence-corrected chi connectivity index (χ2v) is 5.64. The molecule has 1 N–H and O–H groups in total. The Kier molecular flexibility index (Phi) is 5.53. The van der Waals surface area contributed by atoms with Crippen LogP contribution in [0.1, 0.15) is 25.3 Å². The molecule has 1 heterocycles. The lowest BCUT2D eigenvalue weighted by atomic mass is 9.99. The smallest absolute Gasteiger partial charge is 0.224 e. The van der Waals surface area contributed by atoms with Crippen molar-refractivity contribution in [2.45, 2.75) is 26.2 Å². The number of hydrogen-bond acceptors (Lipinski definition) is 2. The second kappa shape index (κ2) is 7.39. The molecular weight excluding hydrogens is 255 g/mol. The number of carbonyl (C=O) groups excluding carboxylic acids is 1. The van der Waals surface area contributed by atoms with Crippen molar-refractivity contribution in [1.82, 2.24) is 10.2 Å².